The Balaban J connectivity index is 1.05. The molecule has 0 saturated heterocycles. The van der Waals surface area contributed by atoms with Crippen LogP contribution >= 0.6 is 0 Å². The number of fused-ring (bicyclic) bond motifs is 10. The Bertz CT molecular complexity index is 2720. The summed E-state index contributed by atoms with van der Waals surface area (Å²) in [6.07, 6.45) is 0. The second kappa shape index (κ2) is 9.18. The average Bonchev–Trinajstić information content (AvgIpc) is 3.67. The van der Waals surface area contributed by atoms with E-state index < -0.39 is 0 Å². The lowest BCUT2D eigenvalue weighted by Gasteiger charge is -2.33. The van der Waals surface area contributed by atoms with Crippen LogP contribution in [0, 0.1) is 0 Å². The number of furan rings is 1. The molecule has 0 amide bonds. The monoisotopic (exact) mass is 601 g/mol. The average molecular weight is 601 g/mol. The first-order chi connectivity index (χ1) is 23.3. The summed E-state index contributed by atoms with van der Waals surface area (Å²) in [5, 5.41) is 4.72. The molecule has 7 aromatic carbocycles. The van der Waals surface area contributed by atoms with Crippen LogP contribution in [0.4, 0.5) is 0 Å². The smallest absolute Gasteiger partial charge is 0.434 e. The third kappa shape index (κ3) is 3.48. The largest absolute Gasteiger partial charge is 0.551 e. The van der Waals surface area contributed by atoms with Crippen molar-refractivity contribution in [1.82, 2.24) is 4.57 Å². The number of hydrogen-bond acceptors (Lipinski definition) is 3. The molecular formula is C42H24BNO3. The normalized spacial score (nSPS) is 13.0. The molecular weight excluding hydrogens is 577 g/mol. The van der Waals surface area contributed by atoms with Crippen molar-refractivity contribution in [2.75, 3.05) is 0 Å². The first-order valence-corrected chi connectivity index (χ1v) is 15.9. The predicted molar refractivity (Wildman–Crippen MR) is 191 cm³/mol. The fraction of sp³-hybridized carbons (Fsp3) is 0. The Morgan fingerprint density at radius 2 is 1.17 bits per heavy atom. The third-order valence-corrected chi connectivity index (χ3v) is 9.89. The molecule has 0 N–H and O–H groups in total. The van der Waals surface area contributed by atoms with E-state index >= 15 is 0 Å². The summed E-state index contributed by atoms with van der Waals surface area (Å²) in [6, 6.07) is 51.1. The van der Waals surface area contributed by atoms with Gasteiger partial charge in [0.25, 0.3) is 0 Å². The molecule has 2 aliphatic rings. The lowest BCUT2D eigenvalue weighted by atomic mass is 9.51. The SMILES string of the molecule is c1cc2c3c(c1)-c1cc(-c4ccc5oc6ccccc6c5c4)ccc1OB3c1cc(-n3c4ccccc4c4ccccc43)ccc1O2. The van der Waals surface area contributed by atoms with Gasteiger partial charge in [0.2, 0.25) is 0 Å². The second-order valence-corrected chi connectivity index (χ2v) is 12.4. The maximum atomic E-state index is 6.92. The van der Waals surface area contributed by atoms with E-state index in [0.717, 1.165) is 78.1 Å². The van der Waals surface area contributed by atoms with Crippen LogP contribution in [0.2, 0.25) is 0 Å². The van der Waals surface area contributed by atoms with Crippen molar-refractivity contribution in [3.8, 4) is 45.2 Å². The Morgan fingerprint density at radius 3 is 2.02 bits per heavy atom. The number of benzene rings is 7. The standard InChI is InChI=1S/C42H24BNO3/c1-4-12-35-28(8-1)29-9-2-5-13-36(29)44(35)27-18-21-40-34(24-27)43-42-31(11-7-15-41(42)46-40)33-23-26(17-20-39(33)47-43)25-16-19-38-32(22-25)30-10-3-6-14-37(30)45-38/h1-24H. The van der Waals surface area contributed by atoms with Crippen LogP contribution in [0.5, 0.6) is 17.2 Å². The molecule has 5 heteroatoms. The van der Waals surface area contributed by atoms with Crippen molar-refractivity contribution < 1.29 is 13.8 Å². The zero-order valence-electron chi connectivity index (χ0n) is 25.1. The van der Waals surface area contributed by atoms with E-state index in [9.17, 15) is 0 Å². The van der Waals surface area contributed by atoms with Crippen molar-refractivity contribution in [2.45, 2.75) is 0 Å². The summed E-state index contributed by atoms with van der Waals surface area (Å²) in [5.74, 6) is 2.53. The summed E-state index contributed by atoms with van der Waals surface area (Å²) in [4.78, 5) is 0. The van der Waals surface area contributed by atoms with Crippen LogP contribution in [-0.4, -0.2) is 11.5 Å². The lowest BCUT2D eigenvalue weighted by molar-refractivity contribution is 0.479. The first kappa shape index (κ1) is 25.0. The molecule has 0 saturated carbocycles. The third-order valence-electron chi connectivity index (χ3n) is 9.89. The van der Waals surface area contributed by atoms with E-state index in [4.69, 9.17) is 13.8 Å². The summed E-state index contributed by atoms with van der Waals surface area (Å²) in [7, 11) is 0. The van der Waals surface area contributed by atoms with E-state index in [1.165, 1.54) is 21.8 Å². The molecule has 47 heavy (non-hydrogen) atoms. The number of aromatic nitrogens is 1. The van der Waals surface area contributed by atoms with E-state index in [0.29, 0.717) is 0 Å². The molecule has 0 fully saturated rings. The van der Waals surface area contributed by atoms with Crippen LogP contribution < -0.4 is 20.3 Å². The highest BCUT2D eigenvalue weighted by Gasteiger charge is 2.41. The van der Waals surface area contributed by atoms with Crippen molar-refractivity contribution in [3.05, 3.63) is 146 Å². The molecule has 218 valence electrons. The van der Waals surface area contributed by atoms with Gasteiger partial charge in [-0.15, -0.1) is 0 Å². The number of rotatable bonds is 2. The van der Waals surface area contributed by atoms with Crippen LogP contribution in [0.1, 0.15) is 0 Å². The van der Waals surface area contributed by atoms with Crippen LogP contribution in [0.15, 0.2) is 150 Å². The maximum absolute atomic E-state index is 6.92. The van der Waals surface area contributed by atoms with Crippen LogP contribution in [0.3, 0.4) is 0 Å². The minimum atomic E-state index is -0.287. The highest BCUT2D eigenvalue weighted by molar-refractivity contribution is 6.84. The molecule has 0 atom stereocenters. The molecule has 0 spiro atoms. The van der Waals surface area contributed by atoms with Crippen molar-refractivity contribution in [3.63, 3.8) is 0 Å². The molecule has 9 aromatic rings. The van der Waals surface area contributed by atoms with Gasteiger partial charge in [0.15, 0.2) is 0 Å². The Kier molecular flexibility index (Phi) is 4.89. The fourth-order valence-electron chi connectivity index (χ4n) is 7.76. The molecule has 0 bridgehead atoms. The van der Waals surface area contributed by atoms with Gasteiger partial charge in [-0.05, 0) is 83.4 Å². The maximum Gasteiger partial charge on any atom is 0.434 e. The van der Waals surface area contributed by atoms with E-state index in [2.05, 4.69) is 132 Å². The number of nitrogens with zero attached hydrogens (tertiary/aromatic N) is 1. The van der Waals surface area contributed by atoms with Crippen molar-refractivity contribution >= 4 is 61.6 Å². The Hall–Kier alpha value is -6.20. The topological polar surface area (TPSA) is 36.5 Å². The second-order valence-electron chi connectivity index (χ2n) is 12.4. The molecule has 0 aliphatic carbocycles. The molecule has 0 radical (unpaired) electrons. The van der Waals surface area contributed by atoms with Gasteiger partial charge in [-0.3, -0.25) is 0 Å². The predicted octanol–water partition coefficient (Wildman–Crippen LogP) is 9.62. The van der Waals surface area contributed by atoms with Gasteiger partial charge in [0.05, 0.1) is 11.0 Å². The number of ether oxygens (including phenoxy) is 1. The van der Waals surface area contributed by atoms with Gasteiger partial charge in [-0.1, -0.05) is 78.9 Å². The molecule has 2 aromatic heterocycles. The van der Waals surface area contributed by atoms with Gasteiger partial charge >= 0.3 is 6.92 Å². The van der Waals surface area contributed by atoms with Gasteiger partial charge in [-0.2, -0.15) is 0 Å². The van der Waals surface area contributed by atoms with Crippen molar-refractivity contribution in [2.24, 2.45) is 0 Å². The van der Waals surface area contributed by atoms with E-state index in [1.807, 2.05) is 18.2 Å². The zero-order valence-corrected chi connectivity index (χ0v) is 25.1. The zero-order chi connectivity index (χ0) is 30.6. The molecule has 4 heterocycles. The van der Waals surface area contributed by atoms with E-state index in [1.54, 1.807) is 0 Å². The van der Waals surface area contributed by atoms with Gasteiger partial charge in [0.1, 0.15) is 28.4 Å². The highest BCUT2D eigenvalue weighted by Crippen LogP contribution is 2.42. The van der Waals surface area contributed by atoms with Crippen LogP contribution in [-0.2, 0) is 0 Å². The quantitative estimate of drug-likeness (QED) is 0.185. The summed E-state index contributed by atoms with van der Waals surface area (Å²) < 4.78 is 21.9. The minimum absolute atomic E-state index is 0.287. The van der Waals surface area contributed by atoms with Gasteiger partial charge in [0, 0.05) is 43.7 Å². The Morgan fingerprint density at radius 1 is 0.468 bits per heavy atom. The van der Waals surface area contributed by atoms with Gasteiger partial charge in [-0.25, -0.2) is 0 Å². The summed E-state index contributed by atoms with van der Waals surface area (Å²) in [6.45, 7) is -0.287. The highest BCUT2D eigenvalue weighted by atomic mass is 16.5. The molecule has 2 aliphatic heterocycles. The fourth-order valence-corrected chi connectivity index (χ4v) is 7.76. The number of para-hydroxylation sites is 3. The Labute approximate surface area is 270 Å². The van der Waals surface area contributed by atoms with Gasteiger partial charge < -0.3 is 18.4 Å². The molecule has 11 rings (SSSR count). The lowest BCUT2D eigenvalue weighted by Crippen LogP contribution is -2.53. The number of hydrogen-bond donors (Lipinski definition) is 0. The minimum Gasteiger partial charge on any atom is -0.551 e. The summed E-state index contributed by atoms with van der Waals surface area (Å²) >= 11 is 0. The van der Waals surface area contributed by atoms with Crippen molar-refractivity contribution in [1.29, 1.82) is 0 Å². The molecule has 0 unspecified atom stereocenters. The van der Waals surface area contributed by atoms with Crippen LogP contribution in [0.25, 0.3) is 71.7 Å². The summed E-state index contributed by atoms with van der Waals surface area (Å²) in [5.41, 5.74) is 11.8. The first-order valence-electron chi connectivity index (χ1n) is 15.9. The molecule has 4 nitrogen and oxygen atoms in total. The van der Waals surface area contributed by atoms with E-state index in [-0.39, 0.29) is 6.92 Å².